The van der Waals surface area contributed by atoms with Gasteiger partial charge in [0.2, 0.25) is 5.82 Å². The van der Waals surface area contributed by atoms with Crippen LogP contribution in [0.3, 0.4) is 0 Å². The third-order valence-corrected chi connectivity index (χ3v) is 5.46. The lowest BCUT2D eigenvalue weighted by Crippen LogP contribution is -2.07. The summed E-state index contributed by atoms with van der Waals surface area (Å²) < 4.78 is 4.07. The average Bonchev–Trinajstić information content (AvgIpc) is 3.52. The quantitative estimate of drug-likeness (QED) is 0.453. The van der Waals surface area contributed by atoms with E-state index in [2.05, 4.69) is 82.6 Å². The van der Waals surface area contributed by atoms with Gasteiger partial charge in [-0.3, -0.25) is 4.68 Å². The number of nitrogens with one attached hydrogen (secondary N) is 1. The monoisotopic (exact) mass is 412 g/mol. The van der Waals surface area contributed by atoms with Crippen molar-refractivity contribution in [2.75, 3.05) is 0 Å². The summed E-state index contributed by atoms with van der Waals surface area (Å²) >= 11 is 0. The molecule has 0 unspecified atom stereocenters. The third-order valence-electron chi connectivity index (χ3n) is 5.46. The van der Waals surface area contributed by atoms with E-state index in [0.29, 0.717) is 11.7 Å². The van der Waals surface area contributed by atoms with Crippen molar-refractivity contribution in [3.05, 3.63) is 71.7 Å². The summed E-state index contributed by atoms with van der Waals surface area (Å²) in [6.07, 6.45) is 3.08. The Morgan fingerprint density at radius 3 is 2.45 bits per heavy atom. The van der Waals surface area contributed by atoms with Crippen LogP contribution in [0.2, 0.25) is 0 Å². The summed E-state index contributed by atoms with van der Waals surface area (Å²) in [4.78, 5) is 4.74. The summed E-state index contributed by atoms with van der Waals surface area (Å²) in [6.45, 7) is 7.12. The zero-order valence-corrected chi connectivity index (χ0v) is 17.8. The Bertz CT molecular complexity index is 1310. The van der Waals surface area contributed by atoms with E-state index in [0.717, 1.165) is 41.1 Å². The van der Waals surface area contributed by atoms with E-state index in [-0.39, 0.29) is 0 Å². The molecule has 5 rings (SSSR count). The molecule has 0 radical (unpaired) electrons. The van der Waals surface area contributed by atoms with Crippen LogP contribution >= 0.6 is 0 Å². The summed E-state index contributed by atoms with van der Waals surface area (Å²) in [5.41, 5.74) is 6.50. The molecule has 0 atom stereocenters. The second-order valence-electron chi connectivity index (χ2n) is 7.92. The third kappa shape index (κ3) is 3.50. The van der Waals surface area contributed by atoms with Gasteiger partial charge in [0.15, 0.2) is 11.5 Å². The van der Waals surface area contributed by atoms with Crippen molar-refractivity contribution in [3.8, 4) is 22.5 Å². The van der Waals surface area contributed by atoms with Crippen LogP contribution in [0, 0.1) is 0 Å². The highest BCUT2D eigenvalue weighted by molar-refractivity contribution is 5.80. The Morgan fingerprint density at radius 2 is 1.77 bits per heavy atom. The topological polar surface area (TPSA) is 89.6 Å². The summed E-state index contributed by atoms with van der Waals surface area (Å²) in [7, 11) is 0. The largest absolute Gasteiger partial charge is 0.266 e. The first-order valence-electron chi connectivity index (χ1n) is 10.5. The molecule has 0 aliphatic heterocycles. The lowest BCUT2D eigenvalue weighted by Gasteiger charge is -2.09. The van der Waals surface area contributed by atoms with Crippen LogP contribution in [-0.2, 0) is 13.0 Å². The number of rotatable bonds is 6. The zero-order chi connectivity index (χ0) is 21.4. The van der Waals surface area contributed by atoms with Crippen LogP contribution < -0.4 is 0 Å². The molecule has 8 nitrogen and oxygen atoms in total. The fraction of sp³-hybridized carbons (Fsp3) is 0.261. The highest BCUT2D eigenvalue weighted by Crippen LogP contribution is 2.30. The molecule has 0 aliphatic rings. The van der Waals surface area contributed by atoms with Crippen LogP contribution in [0.25, 0.3) is 28.2 Å². The minimum atomic E-state index is 0.302. The normalized spacial score (nSPS) is 11.6. The van der Waals surface area contributed by atoms with Crippen LogP contribution in [0.1, 0.15) is 43.6 Å². The van der Waals surface area contributed by atoms with Gasteiger partial charge >= 0.3 is 0 Å². The Hall–Kier alpha value is -3.81. The number of aryl methyl sites for hydroxylation is 1. The number of aromatic amines is 1. The summed E-state index contributed by atoms with van der Waals surface area (Å²) in [6, 6.07) is 16.7. The molecular weight excluding hydrogens is 388 g/mol. The number of nitrogens with zero attached hydrogens (tertiary/aromatic N) is 7. The number of benzene rings is 2. The Kier molecular flexibility index (Phi) is 4.82. The molecule has 3 aromatic heterocycles. The fourth-order valence-corrected chi connectivity index (χ4v) is 3.78. The van der Waals surface area contributed by atoms with Crippen LogP contribution in [-0.4, -0.2) is 40.0 Å². The molecule has 31 heavy (non-hydrogen) atoms. The molecule has 5 aromatic rings. The molecule has 0 aliphatic carbocycles. The Balaban J connectivity index is 1.46. The number of aromatic nitrogens is 8. The molecule has 156 valence electrons. The lowest BCUT2D eigenvalue weighted by atomic mass is 9.98. The van der Waals surface area contributed by atoms with Crippen molar-refractivity contribution in [1.29, 1.82) is 0 Å². The van der Waals surface area contributed by atoms with Gasteiger partial charge in [-0.05, 0) is 28.3 Å². The SMILES string of the molecule is CCc1cn(Cc2ccc(-c3ccccc3-c3nn[nH]n3)cc2)n2nc(C(C)C)nc12. The molecule has 2 aromatic carbocycles. The Morgan fingerprint density at radius 1 is 1.00 bits per heavy atom. The fourth-order valence-electron chi connectivity index (χ4n) is 3.78. The molecule has 0 fully saturated rings. The first kappa shape index (κ1) is 19.2. The molecule has 8 heteroatoms. The van der Waals surface area contributed by atoms with Crippen LogP contribution in [0.4, 0.5) is 0 Å². The average molecular weight is 413 g/mol. The summed E-state index contributed by atoms with van der Waals surface area (Å²) in [5, 5.41) is 19.2. The minimum absolute atomic E-state index is 0.302. The van der Waals surface area contributed by atoms with Crippen LogP contribution in [0.5, 0.6) is 0 Å². The summed E-state index contributed by atoms with van der Waals surface area (Å²) in [5.74, 6) is 1.78. The van der Waals surface area contributed by atoms with E-state index in [9.17, 15) is 0 Å². The number of hydrogen-bond donors (Lipinski definition) is 1. The number of fused-ring (bicyclic) bond motifs is 1. The predicted molar refractivity (Wildman–Crippen MR) is 119 cm³/mol. The molecule has 0 saturated heterocycles. The maximum Gasteiger partial charge on any atom is 0.205 e. The van der Waals surface area contributed by atoms with E-state index in [1.54, 1.807) is 0 Å². The van der Waals surface area contributed by atoms with E-state index in [4.69, 9.17) is 10.1 Å². The second kappa shape index (κ2) is 7.79. The van der Waals surface area contributed by atoms with Gasteiger partial charge in [0.05, 0.1) is 6.54 Å². The molecule has 0 bridgehead atoms. The van der Waals surface area contributed by atoms with E-state index in [1.165, 1.54) is 11.1 Å². The smallest absolute Gasteiger partial charge is 0.205 e. The van der Waals surface area contributed by atoms with Crippen molar-refractivity contribution in [2.45, 2.75) is 39.7 Å². The van der Waals surface area contributed by atoms with Crippen molar-refractivity contribution < 1.29 is 0 Å². The van der Waals surface area contributed by atoms with E-state index in [1.807, 2.05) is 22.8 Å². The van der Waals surface area contributed by atoms with Gasteiger partial charge in [0, 0.05) is 23.2 Å². The Labute approximate surface area is 179 Å². The first-order chi connectivity index (χ1) is 15.1. The number of tetrazole rings is 1. The van der Waals surface area contributed by atoms with Gasteiger partial charge in [0.1, 0.15) is 0 Å². The number of hydrogen-bond acceptors (Lipinski definition) is 5. The zero-order valence-electron chi connectivity index (χ0n) is 17.8. The van der Waals surface area contributed by atoms with E-state index >= 15 is 0 Å². The molecule has 0 amide bonds. The maximum atomic E-state index is 4.74. The van der Waals surface area contributed by atoms with Gasteiger partial charge in [0.25, 0.3) is 0 Å². The lowest BCUT2D eigenvalue weighted by molar-refractivity contribution is 0.574. The maximum absolute atomic E-state index is 4.74. The molecule has 1 N–H and O–H groups in total. The van der Waals surface area contributed by atoms with Gasteiger partial charge in [-0.2, -0.15) is 9.84 Å². The van der Waals surface area contributed by atoms with Gasteiger partial charge < -0.3 is 0 Å². The van der Waals surface area contributed by atoms with Gasteiger partial charge in [-0.15, -0.1) is 15.3 Å². The van der Waals surface area contributed by atoms with Gasteiger partial charge in [-0.25, -0.2) is 4.98 Å². The van der Waals surface area contributed by atoms with Crippen molar-refractivity contribution >= 4 is 5.65 Å². The molecule has 0 saturated carbocycles. The van der Waals surface area contributed by atoms with Crippen LogP contribution in [0.15, 0.2) is 54.7 Å². The minimum Gasteiger partial charge on any atom is -0.266 e. The predicted octanol–water partition coefficient (Wildman–Crippen LogP) is 4.11. The van der Waals surface area contributed by atoms with Gasteiger partial charge in [-0.1, -0.05) is 69.3 Å². The van der Waals surface area contributed by atoms with Crippen molar-refractivity contribution in [1.82, 2.24) is 40.0 Å². The number of H-pyrrole nitrogens is 1. The second-order valence-corrected chi connectivity index (χ2v) is 7.92. The van der Waals surface area contributed by atoms with E-state index < -0.39 is 0 Å². The molecular formula is C23H24N8. The molecule has 3 heterocycles. The highest BCUT2D eigenvalue weighted by atomic mass is 15.5. The van der Waals surface area contributed by atoms with Crippen molar-refractivity contribution in [3.63, 3.8) is 0 Å². The highest BCUT2D eigenvalue weighted by Gasteiger charge is 2.15. The standard InChI is InChI=1S/C23H24N8/c1-4-17-14-30(31-23(17)24-21(27-31)15(2)3)13-16-9-11-18(12-10-16)19-7-5-6-8-20(19)22-25-28-29-26-22/h5-12,14-15H,4,13H2,1-3H3,(H,25,26,28,29). The molecule has 0 spiro atoms. The first-order valence-corrected chi connectivity index (χ1v) is 10.5. The van der Waals surface area contributed by atoms with Crippen molar-refractivity contribution in [2.24, 2.45) is 0 Å².